The second kappa shape index (κ2) is 7.80. The third-order valence-corrected chi connectivity index (χ3v) is 5.09. The number of hydrogen-bond donors (Lipinski definition) is 0. The summed E-state index contributed by atoms with van der Waals surface area (Å²) in [6.07, 6.45) is 4.05. The third kappa shape index (κ3) is 4.59. The van der Waals surface area contributed by atoms with Gasteiger partial charge in [0.1, 0.15) is 6.10 Å². The molecule has 22 heavy (non-hydrogen) atoms. The molecular formula is C20H30O2. The van der Waals surface area contributed by atoms with E-state index in [1.807, 2.05) is 18.2 Å². The van der Waals surface area contributed by atoms with E-state index in [0.717, 1.165) is 6.42 Å². The average Bonchev–Trinajstić information content (AvgIpc) is 2.47. The summed E-state index contributed by atoms with van der Waals surface area (Å²) >= 11 is 0. The van der Waals surface area contributed by atoms with Crippen molar-refractivity contribution in [2.24, 2.45) is 17.8 Å². The Hall–Kier alpha value is -1.31. The lowest BCUT2D eigenvalue weighted by molar-refractivity contribution is -0.156. The lowest BCUT2D eigenvalue weighted by Crippen LogP contribution is -2.36. The van der Waals surface area contributed by atoms with Gasteiger partial charge in [-0.2, -0.15) is 0 Å². The smallest absolute Gasteiger partial charge is 0.306 e. The molecule has 0 amide bonds. The van der Waals surface area contributed by atoms with Crippen molar-refractivity contribution in [3.8, 4) is 0 Å². The largest absolute Gasteiger partial charge is 0.462 e. The predicted molar refractivity (Wildman–Crippen MR) is 90.7 cm³/mol. The quantitative estimate of drug-likeness (QED) is 0.700. The van der Waals surface area contributed by atoms with Crippen molar-refractivity contribution in [2.45, 2.75) is 65.4 Å². The first kappa shape index (κ1) is 17.1. The second-order valence-corrected chi connectivity index (χ2v) is 7.37. The summed E-state index contributed by atoms with van der Waals surface area (Å²) in [4.78, 5) is 12.3. The molecule has 0 N–H and O–H groups in total. The Kier molecular flexibility index (Phi) is 6.05. The summed E-state index contributed by atoms with van der Waals surface area (Å²) in [5.41, 5.74) is 1.21. The highest BCUT2D eigenvalue weighted by molar-refractivity contribution is 5.70. The fourth-order valence-corrected chi connectivity index (χ4v) is 3.62. The lowest BCUT2D eigenvalue weighted by atomic mass is 9.75. The van der Waals surface area contributed by atoms with Crippen LogP contribution >= 0.6 is 0 Å². The summed E-state index contributed by atoms with van der Waals surface area (Å²) in [6.45, 7) is 8.85. The molecule has 0 bridgehead atoms. The molecule has 0 saturated heterocycles. The molecule has 2 heteroatoms. The molecule has 0 aromatic heterocycles. The van der Waals surface area contributed by atoms with Gasteiger partial charge in [0.15, 0.2) is 0 Å². The Morgan fingerprint density at radius 3 is 2.50 bits per heavy atom. The van der Waals surface area contributed by atoms with E-state index in [4.69, 9.17) is 4.74 Å². The number of ether oxygens (including phenoxy) is 1. The number of rotatable bonds is 5. The first-order valence-corrected chi connectivity index (χ1v) is 8.71. The zero-order chi connectivity index (χ0) is 16.1. The molecule has 2 nitrogen and oxygen atoms in total. The average molecular weight is 302 g/mol. The van der Waals surface area contributed by atoms with Gasteiger partial charge in [-0.25, -0.2) is 0 Å². The SMILES string of the molecule is CC(C)[C@H]1CC[C@H](C)C[C@H]1OC(=O)C[C@@H](C)c1ccccc1. The van der Waals surface area contributed by atoms with Crippen molar-refractivity contribution >= 4 is 5.97 Å². The Bertz CT molecular complexity index is 466. The Morgan fingerprint density at radius 1 is 1.18 bits per heavy atom. The maximum absolute atomic E-state index is 12.3. The van der Waals surface area contributed by atoms with Crippen molar-refractivity contribution in [3.05, 3.63) is 35.9 Å². The van der Waals surface area contributed by atoms with Gasteiger partial charge in [-0.1, -0.05) is 64.4 Å². The molecule has 1 fully saturated rings. The number of hydrogen-bond acceptors (Lipinski definition) is 2. The fraction of sp³-hybridized carbons (Fsp3) is 0.650. The monoisotopic (exact) mass is 302 g/mol. The molecule has 1 saturated carbocycles. The number of esters is 1. The summed E-state index contributed by atoms with van der Waals surface area (Å²) in [5.74, 6) is 1.94. The molecule has 2 rings (SSSR count). The van der Waals surface area contributed by atoms with Crippen molar-refractivity contribution < 1.29 is 9.53 Å². The van der Waals surface area contributed by atoms with E-state index >= 15 is 0 Å². The highest BCUT2D eigenvalue weighted by Gasteiger charge is 2.33. The van der Waals surface area contributed by atoms with Crippen LogP contribution in [-0.2, 0) is 9.53 Å². The highest BCUT2D eigenvalue weighted by atomic mass is 16.5. The minimum Gasteiger partial charge on any atom is -0.462 e. The second-order valence-electron chi connectivity index (χ2n) is 7.37. The van der Waals surface area contributed by atoms with E-state index < -0.39 is 0 Å². The lowest BCUT2D eigenvalue weighted by Gasteiger charge is -2.36. The van der Waals surface area contributed by atoms with Gasteiger partial charge in [0.05, 0.1) is 6.42 Å². The minimum atomic E-state index is -0.0406. The van der Waals surface area contributed by atoms with Gasteiger partial charge < -0.3 is 4.74 Å². The molecule has 1 aromatic carbocycles. The van der Waals surface area contributed by atoms with Gasteiger partial charge in [-0.3, -0.25) is 4.79 Å². The molecule has 1 aliphatic carbocycles. The molecule has 0 heterocycles. The third-order valence-electron chi connectivity index (χ3n) is 5.09. The first-order valence-electron chi connectivity index (χ1n) is 8.71. The minimum absolute atomic E-state index is 0.0406. The van der Waals surface area contributed by atoms with E-state index in [1.165, 1.54) is 18.4 Å². The summed E-state index contributed by atoms with van der Waals surface area (Å²) in [5, 5.41) is 0. The molecule has 4 atom stereocenters. The van der Waals surface area contributed by atoms with Gasteiger partial charge in [0.2, 0.25) is 0 Å². The van der Waals surface area contributed by atoms with E-state index in [2.05, 4.69) is 39.8 Å². The Morgan fingerprint density at radius 2 is 1.86 bits per heavy atom. The van der Waals surface area contributed by atoms with Crippen LogP contribution in [0.25, 0.3) is 0 Å². The van der Waals surface area contributed by atoms with E-state index in [-0.39, 0.29) is 18.0 Å². The standard InChI is InChI=1S/C20H30O2/c1-14(2)18-11-10-15(3)12-19(18)22-20(21)13-16(4)17-8-6-5-7-9-17/h5-9,14-16,18-19H,10-13H2,1-4H3/t15-,16+,18+,19+/m0/s1. The summed E-state index contributed by atoms with van der Waals surface area (Å²) in [7, 11) is 0. The van der Waals surface area contributed by atoms with Crippen molar-refractivity contribution in [2.75, 3.05) is 0 Å². The van der Waals surface area contributed by atoms with Gasteiger partial charge >= 0.3 is 5.97 Å². The Balaban J connectivity index is 1.92. The van der Waals surface area contributed by atoms with E-state index in [9.17, 15) is 4.79 Å². The van der Waals surface area contributed by atoms with Crippen molar-refractivity contribution in [1.29, 1.82) is 0 Å². The topological polar surface area (TPSA) is 26.3 Å². The molecule has 0 unspecified atom stereocenters. The molecule has 0 radical (unpaired) electrons. The Labute approximate surface area is 135 Å². The molecule has 1 aliphatic rings. The molecular weight excluding hydrogens is 272 g/mol. The number of benzene rings is 1. The zero-order valence-electron chi connectivity index (χ0n) is 14.4. The van der Waals surface area contributed by atoms with Crippen LogP contribution in [0.5, 0.6) is 0 Å². The maximum Gasteiger partial charge on any atom is 0.306 e. The molecule has 122 valence electrons. The van der Waals surface area contributed by atoms with Crippen LogP contribution in [-0.4, -0.2) is 12.1 Å². The first-order chi connectivity index (χ1) is 10.5. The van der Waals surface area contributed by atoms with Crippen molar-refractivity contribution in [3.63, 3.8) is 0 Å². The maximum atomic E-state index is 12.3. The fourth-order valence-electron chi connectivity index (χ4n) is 3.62. The van der Waals surface area contributed by atoms with Crippen LogP contribution in [0.3, 0.4) is 0 Å². The van der Waals surface area contributed by atoms with Crippen LogP contribution in [0.15, 0.2) is 30.3 Å². The highest BCUT2D eigenvalue weighted by Crippen LogP contribution is 2.35. The van der Waals surface area contributed by atoms with Gasteiger partial charge in [0, 0.05) is 0 Å². The molecule has 1 aromatic rings. The molecule has 0 spiro atoms. The van der Waals surface area contributed by atoms with Gasteiger partial charge in [-0.15, -0.1) is 0 Å². The van der Waals surface area contributed by atoms with Crippen LogP contribution in [0.2, 0.25) is 0 Å². The zero-order valence-corrected chi connectivity index (χ0v) is 14.4. The molecule has 0 aliphatic heterocycles. The normalized spacial score (nSPS) is 26.7. The van der Waals surface area contributed by atoms with Gasteiger partial charge in [0.25, 0.3) is 0 Å². The van der Waals surface area contributed by atoms with Crippen LogP contribution in [0, 0.1) is 17.8 Å². The number of carbonyl (C=O) groups excluding carboxylic acids is 1. The van der Waals surface area contributed by atoms with Gasteiger partial charge in [-0.05, 0) is 42.1 Å². The predicted octanol–water partition coefficient (Wildman–Crippen LogP) is 5.18. The summed E-state index contributed by atoms with van der Waals surface area (Å²) < 4.78 is 5.89. The summed E-state index contributed by atoms with van der Waals surface area (Å²) in [6, 6.07) is 10.2. The van der Waals surface area contributed by atoms with E-state index in [0.29, 0.717) is 24.2 Å². The number of carbonyl (C=O) groups is 1. The van der Waals surface area contributed by atoms with E-state index in [1.54, 1.807) is 0 Å². The van der Waals surface area contributed by atoms with Crippen molar-refractivity contribution in [1.82, 2.24) is 0 Å². The van der Waals surface area contributed by atoms with Crippen LogP contribution < -0.4 is 0 Å². The van der Waals surface area contributed by atoms with Crippen LogP contribution in [0.1, 0.15) is 64.9 Å². The van der Waals surface area contributed by atoms with Crippen LogP contribution in [0.4, 0.5) is 0 Å².